The molecule has 1 aromatic heterocycles. The van der Waals surface area contributed by atoms with E-state index in [1.54, 1.807) is 6.20 Å². The average molecular weight is 582 g/mol. The summed E-state index contributed by atoms with van der Waals surface area (Å²) in [7, 11) is 4.19. The van der Waals surface area contributed by atoms with E-state index in [0.717, 1.165) is 16.9 Å². The minimum atomic E-state index is 0. The van der Waals surface area contributed by atoms with Crippen LogP contribution in [-0.2, 0) is 20.1 Å². The van der Waals surface area contributed by atoms with Gasteiger partial charge in [0, 0.05) is 11.9 Å². The zero-order valence-electron chi connectivity index (χ0n) is 17.3. The normalized spacial score (nSPS) is 12.9. The van der Waals surface area contributed by atoms with Gasteiger partial charge >= 0.3 is 20.1 Å². The van der Waals surface area contributed by atoms with Crippen LogP contribution in [0.1, 0.15) is 0 Å². The molecule has 0 amide bonds. The predicted octanol–water partition coefficient (Wildman–Crippen LogP) is 5.82. The zero-order chi connectivity index (χ0) is 20.5. The molecule has 154 valence electrons. The molecule has 0 aliphatic carbocycles. The number of fused-ring (bicyclic) bond motifs is 2. The second kappa shape index (κ2) is 8.93. The molecule has 31 heavy (non-hydrogen) atoms. The first kappa shape index (κ1) is 21.1. The van der Waals surface area contributed by atoms with Gasteiger partial charge in [0.2, 0.25) is 0 Å². The van der Waals surface area contributed by atoms with Crippen molar-refractivity contribution in [1.82, 2.24) is 4.98 Å². The van der Waals surface area contributed by atoms with Crippen molar-refractivity contribution in [3.05, 3.63) is 104 Å². The molecule has 3 aromatic carbocycles. The Bertz CT molecular complexity index is 1130. The fraction of sp³-hybridized carbons (Fsp3) is 0.0769. The molecule has 0 spiro atoms. The number of aromatic nitrogens is 1. The molecule has 0 saturated heterocycles. The van der Waals surface area contributed by atoms with E-state index < -0.39 is 0 Å². The third kappa shape index (κ3) is 3.83. The first-order valence-corrected chi connectivity index (χ1v) is 9.86. The van der Waals surface area contributed by atoms with E-state index in [-0.39, 0.29) is 20.1 Å². The maximum absolute atomic E-state index is 4.22. The Hall–Kier alpha value is -3.14. The number of anilines is 5. The molecular weight excluding hydrogens is 561 g/mol. The molecule has 2 aliphatic heterocycles. The van der Waals surface area contributed by atoms with Gasteiger partial charge in [0.05, 0.1) is 11.4 Å². The Kier molecular flexibility index (Phi) is 6.08. The Balaban J connectivity index is 0.000000156. The number of rotatable bonds is 1. The number of hydrogen-bond acceptors (Lipinski definition) is 4. The topological polar surface area (TPSA) is 22.6 Å². The maximum atomic E-state index is 4.22. The first-order chi connectivity index (χ1) is 14.7. The molecule has 5 heteroatoms. The summed E-state index contributed by atoms with van der Waals surface area (Å²) in [5, 5.41) is 0. The van der Waals surface area contributed by atoms with Crippen LogP contribution in [0, 0.1) is 18.8 Å². The first-order valence-electron chi connectivity index (χ1n) is 9.86. The summed E-state index contributed by atoms with van der Waals surface area (Å²) in [4.78, 5) is 10.8. The van der Waals surface area contributed by atoms with Crippen molar-refractivity contribution in [2.75, 3.05) is 28.8 Å². The Morgan fingerprint density at radius 2 is 1.55 bits per heavy atom. The summed E-state index contributed by atoms with van der Waals surface area (Å²) in [5.41, 5.74) is 8.04. The van der Waals surface area contributed by atoms with Crippen molar-refractivity contribution in [2.24, 2.45) is 0 Å². The summed E-state index contributed by atoms with van der Waals surface area (Å²) in [6.45, 7) is 2.12. The van der Waals surface area contributed by atoms with Crippen molar-refractivity contribution < 1.29 is 20.1 Å². The van der Waals surface area contributed by atoms with Crippen LogP contribution in [0.4, 0.5) is 28.4 Å². The van der Waals surface area contributed by atoms with Crippen LogP contribution in [0.3, 0.4) is 0 Å². The van der Waals surface area contributed by atoms with Gasteiger partial charge in [-0.1, -0.05) is 23.9 Å². The second-order valence-corrected chi connectivity index (χ2v) is 7.20. The fourth-order valence-corrected chi connectivity index (χ4v) is 3.87. The van der Waals surface area contributed by atoms with Crippen LogP contribution >= 0.6 is 0 Å². The van der Waals surface area contributed by atoms with Crippen molar-refractivity contribution in [2.45, 2.75) is 0 Å². The van der Waals surface area contributed by atoms with Crippen molar-refractivity contribution >= 4 is 28.4 Å². The van der Waals surface area contributed by atoms with Gasteiger partial charge in [-0.25, -0.2) is 0 Å². The van der Waals surface area contributed by atoms with E-state index in [2.05, 4.69) is 76.8 Å². The van der Waals surface area contributed by atoms with Crippen molar-refractivity contribution in [3.8, 4) is 11.3 Å². The molecule has 4 nitrogen and oxygen atoms in total. The molecule has 0 fully saturated rings. The van der Waals surface area contributed by atoms with Gasteiger partial charge in [0.25, 0.3) is 0 Å². The third-order valence-electron chi connectivity index (χ3n) is 5.33. The van der Waals surface area contributed by atoms with E-state index in [4.69, 9.17) is 0 Å². The largest absolute Gasteiger partial charge is 3.00 e. The zero-order valence-corrected chi connectivity index (χ0v) is 19.7. The van der Waals surface area contributed by atoms with Crippen LogP contribution < -0.4 is 14.7 Å². The summed E-state index contributed by atoms with van der Waals surface area (Å²) in [6.07, 6.45) is 1.79. The van der Waals surface area contributed by atoms with Gasteiger partial charge in [0.1, 0.15) is 0 Å². The molecule has 0 bridgehead atoms. The van der Waals surface area contributed by atoms with E-state index in [1.807, 2.05) is 54.6 Å². The SMILES string of the molecule is CN1[CH-]N2c3[c-]cccc3N(C)c3cccc1c32.[Ir+3].[c-]1ccccc1-c1ccccn1. The number of benzene rings is 3. The maximum Gasteiger partial charge on any atom is 3.00 e. The van der Waals surface area contributed by atoms with Crippen molar-refractivity contribution in [1.29, 1.82) is 0 Å². The molecule has 0 saturated carbocycles. The van der Waals surface area contributed by atoms with Gasteiger partial charge in [-0.15, -0.1) is 42.0 Å². The van der Waals surface area contributed by atoms with Crippen LogP contribution in [0.5, 0.6) is 0 Å². The molecule has 0 radical (unpaired) electrons. The third-order valence-corrected chi connectivity index (χ3v) is 5.33. The van der Waals surface area contributed by atoms with E-state index >= 15 is 0 Å². The van der Waals surface area contributed by atoms with Crippen LogP contribution in [-0.4, -0.2) is 19.1 Å². The van der Waals surface area contributed by atoms with E-state index in [1.165, 1.54) is 22.7 Å². The Morgan fingerprint density at radius 3 is 2.32 bits per heavy atom. The minimum Gasteiger partial charge on any atom is -0.504 e. The predicted molar refractivity (Wildman–Crippen MR) is 123 cm³/mol. The summed E-state index contributed by atoms with van der Waals surface area (Å²) in [5.74, 6) is 0. The molecule has 0 unspecified atom stereocenters. The van der Waals surface area contributed by atoms with E-state index in [0.29, 0.717) is 0 Å². The van der Waals surface area contributed by atoms with Gasteiger partial charge in [-0.3, -0.25) is 0 Å². The van der Waals surface area contributed by atoms with Crippen LogP contribution in [0.2, 0.25) is 0 Å². The minimum absolute atomic E-state index is 0. The number of para-hydroxylation sites is 2. The molecule has 0 atom stereocenters. The Morgan fingerprint density at radius 1 is 0.774 bits per heavy atom. The molecular formula is C26H21IrN4. The van der Waals surface area contributed by atoms with Crippen LogP contribution in [0.15, 0.2) is 85.1 Å². The summed E-state index contributed by atoms with van der Waals surface area (Å²) in [6, 6.07) is 32.7. The average Bonchev–Trinajstić information content (AvgIpc) is 3.16. The Labute approximate surface area is 197 Å². The smallest absolute Gasteiger partial charge is 0.504 e. The van der Waals surface area contributed by atoms with Crippen molar-refractivity contribution in [3.63, 3.8) is 0 Å². The number of nitrogens with zero attached hydrogens (tertiary/aromatic N) is 4. The van der Waals surface area contributed by atoms with Gasteiger partial charge in [0.15, 0.2) is 0 Å². The van der Waals surface area contributed by atoms with Gasteiger partial charge < -0.3 is 19.7 Å². The second-order valence-electron chi connectivity index (χ2n) is 7.20. The standard InChI is InChI=1S/C15H13N3.C11H8N.Ir/c1-16-10-18-12-7-4-3-6-11(12)17(2)14-9-5-8-13(16)15(14)18;1-2-6-10(7-3-1)11-8-4-5-9-12-11;/h3-6,8-10H,1-2H3;1-6,8-9H;/q-2;-1;+3. The fourth-order valence-electron chi connectivity index (χ4n) is 3.87. The summed E-state index contributed by atoms with van der Waals surface area (Å²) >= 11 is 0. The molecule has 2 aliphatic rings. The van der Waals surface area contributed by atoms with Crippen LogP contribution in [0.25, 0.3) is 11.3 Å². The van der Waals surface area contributed by atoms with Gasteiger partial charge in [-0.05, 0) is 43.7 Å². The number of hydrogen-bond donors (Lipinski definition) is 0. The molecule has 6 rings (SSSR count). The summed E-state index contributed by atoms with van der Waals surface area (Å²) < 4.78 is 0. The van der Waals surface area contributed by atoms with Gasteiger partial charge in [-0.2, -0.15) is 24.9 Å². The quantitative estimate of drug-likeness (QED) is 0.264. The monoisotopic (exact) mass is 582 g/mol. The van der Waals surface area contributed by atoms with E-state index in [9.17, 15) is 0 Å². The molecule has 3 heterocycles. The molecule has 0 N–H and O–H groups in total. The number of pyridine rings is 1. The molecule has 4 aromatic rings.